The molecule has 2 aromatic carbocycles. The van der Waals surface area contributed by atoms with Crippen LogP contribution in [0.5, 0.6) is 0 Å². The van der Waals surface area contributed by atoms with Crippen LogP contribution in [0.15, 0.2) is 72.8 Å². The molecular formula is C20H19NO3. The van der Waals surface area contributed by atoms with Crippen molar-refractivity contribution < 1.29 is 14.3 Å². The van der Waals surface area contributed by atoms with Crippen molar-refractivity contribution in [3.63, 3.8) is 0 Å². The van der Waals surface area contributed by atoms with Gasteiger partial charge in [0.05, 0.1) is 19.3 Å². The van der Waals surface area contributed by atoms with Crippen molar-refractivity contribution in [1.29, 1.82) is 0 Å². The maximum atomic E-state index is 12.0. The summed E-state index contributed by atoms with van der Waals surface area (Å²) >= 11 is 0. The lowest BCUT2D eigenvalue weighted by atomic mass is 10.1. The van der Waals surface area contributed by atoms with Gasteiger partial charge in [-0.15, -0.1) is 0 Å². The number of carbonyl (C=O) groups excluding carboxylic acids is 2. The van der Waals surface area contributed by atoms with Gasteiger partial charge in [-0.05, 0) is 17.5 Å². The average Bonchev–Trinajstić information content (AvgIpc) is 2.94. The second-order valence-electron chi connectivity index (χ2n) is 5.72. The van der Waals surface area contributed by atoms with Gasteiger partial charge < -0.3 is 4.74 Å². The zero-order chi connectivity index (χ0) is 16.8. The standard InChI is InChI=1S/C20H19NO3/c22-19-11-12-20(23)21(19)18(13-16-7-3-1-4-8-16)15-24-14-17-9-5-2-6-10-17/h1-12,18H,13-15H2/t18-/m0/s1. The van der Waals surface area contributed by atoms with Crippen LogP contribution in [0.2, 0.25) is 0 Å². The molecule has 122 valence electrons. The van der Waals surface area contributed by atoms with Gasteiger partial charge in [-0.3, -0.25) is 14.5 Å². The Labute approximate surface area is 141 Å². The number of ether oxygens (including phenoxy) is 1. The SMILES string of the molecule is O=C1C=CC(=O)N1[C@H](COCc1ccccc1)Cc1ccccc1. The van der Waals surface area contributed by atoms with Crippen molar-refractivity contribution in [2.24, 2.45) is 0 Å². The first-order valence-electron chi connectivity index (χ1n) is 7.95. The highest BCUT2D eigenvalue weighted by Gasteiger charge is 2.31. The highest BCUT2D eigenvalue weighted by atomic mass is 16.5. The van der Waals surface area contributed by atoms with E-state index in [9.17, 15) is 9.59 Å². The third-order valence-electron chi connectivity index (χ3n) is 3.94. The Morgan fingerprint density at radius 3 is 1.92 bits per heavy atom. The Hall–Kier alpha value is -2.72. The van der Waals surface area contributed by atoms with E-state index < -0.39 is 0 Å². The lowest BCUT2D eigenvalue weighted by Gasteiger charge is -2.26. The molecule has 24 heavy (non-hydrogen) atoms. The number of hydrogen-bond acceptors (Lipinski definition) is 3. The molecule has 0 aromatic heterocycles. The van der Waals surface area contributed by atoms with Crippen LogP contribution in [-0.2, 0) is 27.4 Å². The molecule has 2 amide bonds. The highest BCUT2D eigenvalue weighted by Crippen LogP contribution is 2.15. The number of carbonyl (C=O) groups is 2. The van der Waals surface area contributed by atoms with E-state index in [0.29, 0.717) is 19.6 Å². The number of amides is 2. The molecule has 0 saturated heterocycles. The van der Waals surface area contributed by atoms with Crippen LogP contribution in [0.3, 0.4) is 0 Å². The van der Waals surface area contributed by atoms with Gasteiger partial charge in [-0.2, -0.15) is 0 Å². The molecule has 1 aliphatic rings. The molecule has 1 aliphatic heterocycles. The van der Waals surface area contributed by atoms with Crippen molar-refractivity contribution in [2.75, 3.05) is 6.61 Å². The molecule has 0 spiro atoms. The molecule has 1 atom stereocenters. The zero-order valence-electron chi connectivity index (χ0n) is 13.3. The lowest BCUT2D eigenvalue weighted by molar-refractivity contribution is -0.141. The molecule has 2 aromatic rings. The summed E-state index contributed by atoms with van der Waals surface area (Å²) in [6.07, 6.45) is 3.21. The van der Waals surface area contributed by atoms with Gasteiger partial charge >= 0.3 is 0 Å². The third kappa shape index (κ3) is 3.97. The number of rotatable bonds is 7. The van der Waals surface area contributed by atoms with Crippen molar-refractivity contribution in [2.45, 2.75) is 19.1 Å². The predicted octanol–water partition coefficient (Wildman–Crippen LogP) is 2.74. The van der Waals surface area contributed by atoms with E-state index >= 15 is 0 Å². The average molecular weight is 321 g/mol. The molecular weight excluding hydrogens is 302 g/mol. The molecule has 0 N–H and O–H groups in total. The Morgan fingerprint density at radius 1 is 0.792 bits per heavy atom. The highest BCUT2D eigenvalue weighted by molar-refractivity contribution is 6.13. The topological polar surface area (TPSA) is 46.6 Å². The molecule has 4 heteroatoms. The Bertz CT molecular complexity index is 707. The van der Waals surface area contributed by atoms with E-state index in [-0.39, 0.29) is 17.9 Å². The van der Waals surface area contributed by atoms with Crippen LogP contribution in [0.1, 0.15) is 11.1 Å². The van der Waals surface area contributed by atoms with E-state index in [1.807, 2.05) is 60.7 Å². The van der Waals surface area contributed by atoms with Crippen molar-refractivity contribution in [3.8, 4) is 0 Å². The minimum atomic E-state index is -0.314. The predicted molar refractivity (Wildman–Crippen MR) is 91.0 cm³/mol. The Kier molecular flexibility index (Phi) is 5.18. The maximum Gasteiger partial charge on any atom is 0.253 e. The summed E-state index contributed by atoms with van der Waals surface area (Å²) in [7, 11) is 0. The maximum absolute atomic E-state index is 12.0. The summed E-state index contributed by atoms with van der Waals surface area (Å²) in [6.45, 7) is 0.763. The van der Waals surface area contributed by atoms with Crippen LogP contribution in [0.25, 0.3) is 0 Å². The smallest absolute Gasteiger partial charge is 0.253 e. The number of hydrogen-bond donors (Lipinski definition) is 0. The van der Waals surface area contributed by atoms with E-state index in [0.717, 1.165) is 11.1 Å². The molecule has 0 unspecified atom stereocenters. The first-order chi connectivity index (χ1) is 11.7. The summed E-state index contributed by atoms with van der Waals surface area (Å²) in [4.78, 5) is 25.3. The minimum absolute atomic E-state index is 0.274. The Balaban J connectivity index is 1.67. The van der Waals surface area contributed by atoms with Crippen LogP contribution >= 0.6 is 0 Å². The molecule has 0 radical (unpaired) electrons. The summed E-state index contributed by atoms with van der Waals surface area (Å²) in [5.41, 5.74) is 2.13. The Morgan fingerprint density at radius 2 is 1.33 bits per heavy atom. The van der Waals surface area contributed by atoms with Crippen LogP contribution < -0.4 is 0 Å². The number of imide groups is 1. The molecule has 4 nitrogen and oxygen atoms in total. The molecule has 3 rings (SSSR count). The minimum Gasteiger partial charge on any atom is -0.375 e. The first kappa shape index (κ1) is 16.1. The quantitative estimate of drug-likeness (QED) is 0.737. The van der Waals surface area contributed by atoms with Gasteiger partial charge in [0.2, 0.25) is 0 Å². The second kappa shape index (κ2) is 7.70. The summed E-state index contributed by atoms with van der Waals surface area (Å²) in [5.74, 6) is -0.548. The van der Waals surface area contributed by atoms with E-state index in [2.05, 4.69) is 0 Å². The van der Waals surface area contributed by atoms with Gasteiger partial charge in [0, 0.05) is 12.2 Å². The number of nitrogens with zero attached hydrogens (tertiary/aromatic N) is 1. The summed E-state index contributed by atoms with van der Waals surface area (Å²) in [5, 5.41) is 0. The fraction of sp³-hybridized carbons (Fsp3) is 0.200. The summed E-state index contributed by atoms with van der Waals surface area (Å²) in [6, 6.07) is 19.3. The van der Waals surface area contributed by atoms with Crippen LogP contribution in [-0.4, -0.2) is 29.4 Å². The van der Waals surface area contributed by atoms with Gasteiger partial charge in [-0.1, -0.05) is 60.7 Å². The van der Waals surface area contributed by atoms with E-state index in [1.165, 1.54) is 17.1 Å². The van der Waals surface area contributed by atoms with E-state index in [1.54, 1.807) is 0 Å². The van der Waals surface area contributed by atoms with Crippen LogP contribution in [0.4, 0.5) is 0 Å². The van der Waals surface area contributed by atoms with Gasteiger partial charge in [0.15, 0.2) is 0 Å². The lowest BCUT2D eigenvalue weighted by Crippen LogP contribution is -2.44. The van der Waals surface area contributed by atoms with Gasteiger partial charge in [0.25, 0.3) is 11.8 Å². The third-order valence-corrected chi connectivity index (χ3v) is 3.94. The normalized spacial score (nSPS) is 15.1. The molecule has 0 fully saturated rings. The van der Waals surface area contributed by atoms with Gasteiger partial charge in [0.1, 0.15) is 0 Å². The second-order valence-corrected chi connectivity index (χ2v) is 5.72. The zero-order valence-corrected chi connectivity index (χ0v) is 13.3. The fourth-order valence-electron chi connectivity index (χ4n) is 2.77. The molecule has 0 saturated carbocycles. The number of benzene rings is 2. The van der Waals surface area contributed by atoms with Crippen molar-refractivity contribution in [3.05, 3.63) is 83.9 Å². The van der Waals surface area contributed by atoms with Crippen molar-refractivity contribution in [1.82, 2.24) is 4.90 Å². The van der Waals surface area contributed by atoms with E-state index in [4.69, 9.17) is 4.74 Å². The van der Waals surface area contributed by atoms with Crippen molar-refractivity contribution >= 4 is 11.8 Å². The molecule has 1 heterocycles. The van der Waals surface area contributed by atoms with Crippen LogP contribution in [0, 0.1) is 0 Å². The monoisotopic (exact) mass is 321 g/mol. The first-order valence-corrected chi connectivity index (χ1v) is 7.95. The fourth-order valence-corrected chi connectivity index (χ4v) is 2.77. The molecule has 0 bridgehead atoms. The molecule has 0 aliphatic carbocycles. The summed E-state index contributed by atoms with van der Waals surface area (Å²) < 4.78 is 5.79. The largest absolute Gasteiger partial charge is 0.375 e. The van der Waals surface area contributed by atoms with Gasteiger partial charge in [-0.25, -0.2) is 0 Å².